The maximum absolute atomic E-state index is 13.0. The number of carbonyl (C=O) groups excluding carboxylic acids is 2. The Morgan fingerprint density at radius 3 is 2.20 bits per heavy atom. The van der Waals surface area contributed by atoms with Crippen LogP contribution < -0.4 is 19.5 Å². The van der Waals surface area contributed by atoms with Gasteiger partial charge in [0.2, 0.25) is 17.6 Å². The van der Waals surface area contributed by atoms with E-state index in [9.17, 15) is 9.59 Å². The molecule has 30 heavy (non-hydrogen) atoms. The standard InChI is InChI=1S/C22H34N2O6/c1-14(2)22(26)24-12-16(17(13-24)21(25)23-8-7-9-27-3)15-10-18(28-4)20(30-6)19(11-15)29-5/h10-11,14,16-17H,7-9,12-13H2,1-6H3,(H,23,25). The van der Waals surface area contributed by atoms with Gasteiger partial charge in [0.1, 0.15) is 0 Å². The lowest BCUT2D eigenvalue weighted by atomic mass is 9.88. The fourth-order valence-electron chi connectivity index (χ4n) is 3.83. The molecule has 168 valence electrons. The van der Waals surface area contributed by atoms with E-state index in [-0.39, 0.29) is 29.6 Å². The minimum atomic E-state index is -0.363. The van der Waals surface area contributed by atoms with Crippen molar-refractivity contribution in [1.29, 1.82) is 0 Å². The van der Waals surface area contributed by atoms with Gasteiger partial charge in [0.25, 0.3) is 0 Å². The molecule has 0 radical (unpaired) electrons. The first-order valence-electron chi connectivity index (χ1n) is 10.2. The van der Waals surface area contributed by atoms with E-state index in [1.54, 1.807) is 33.3 Å². The van der Waals surface area contributed by atoms with Crippen molar-refractivity contribution < 1.29 is 28.5 Å². The van der Waals surface area contributed by atoms with Crippen molar-refractivity contribution in [2.75, 3.05) is 54.7 Å². The Morgan fingerprint density at radius 1 is 1.07 bits per heavy atom. The molecular weight excluding hydrogens is 388 g/mol. The van der Waals surface area contributed by atoms with E-state index in [0.29, 0.717) is 43.5 Å². The molecule has 2 unspecified atom stereocenters. The predicted molar refractivity (Wildman–Crippen MR) is 113 cm³/mol. The molecular formula is C22H34N2O6. The van der Waals surface area contributed by atoms with Crippen molar-refractivity contribution >= 4 is 11.8 Å². The van der Waals surface area contributed by atoms with Crippen LogP contribution in [0.2, 0.25) is 0 Å². The van der Waals surface area contributed by atoms with Crippen LogP contribution in [0.4, 0.5) is 0 Å². The molecule has 1 aliphatic rings. The number of ether oxygens (including phenoxy) is 4. The van der Waals surface area contributed by atoms with Crippen molar-refractivity contribution in [3.8, 4) is 17.2 Å². The van der Waals surface area contributed by atoms with E-state index in [4.69, 9.17) is 18.9 Å². The molecule has 1 aliphatic heterocycles. The smallest absolute Gasteiger partial charge is 0.225 e. The second kappa shape index (κ2) is 11.1. The number of rotatable bonds is 10. The van der Waals surface area contributed by atoms with Crippen LogP contribution in [-0.4, -0.2) is 71.4 Å². The zero-order valence-electron chi connectivity index (χ0n) is 18.8. The van der Waals surface area contributed by atoms with E-state index < -0.39 is 0 Å². The van der Waals surface area contributed by atoms with Gasteiger partial charge in [0.15, 0.2) is 11.5 Å². The molecule has 1 aromatic carbocycles. The van der Waals surface area contributed by atoms with Crippen molar-refractivity contribution in [3.05, 3.63) is 17.7 Å². The molecule has 2 atom stereocenters. The van der Waals surface area contributed by atoms with Crippen LogP contribution in [0.25, 0.3) is 0 Å². The predicted octanol–water partition coefficient (Wildman–Crippen LogP) is 2.06. The first-order valence-corrected chi connectivity index (χ1v) is 10.2. The largest absolute Gasteiger partial charge is 0.493 e. The molecule has 1 saturated heterocycles. The highest BCUT2D eigenvalue weighted by atomic mass is 16.5. The molecule has 2 rings (SSSR count). The van der Waals surface area contributed by atoms with Crippen molar-refractivity contribution in [3.63, 3.8) is 0 Å². The number of hydrogen-bond donors (Lipinski definition) is 1. The molecule has 1 heterocycles. The summed E-state index contributed by atoms with van der Waals surface area (Å²) in [6, 6.07) is 3.72. The molecule has 8 heteroatoms. The van der Waals surface area contributed by atoms with E-state index >= 15 is 0 Å². The lowest BCUT2D eigenvalue weighted by Gasteiger charge is -2.21. The van der Waals surface area contributed by atoms with Gasteiger partial charge in [-0.3, -0.25) is 9.59 Å². The van der Waals surface area contributed by atoms with Crippen LogP contribution in [0, 0.1) is 11.8 Å². The Hall–Kier alpha value is -2.48. The average molecular weight is 423 g/mol. The minimum Gasteiger partial charge on any atom is -0.493 e. The molecule has 1 N–H and O–H groups in total. The van der Waals surface area contributed by atoms with Crippen LogP contribution in [0.1, 0.15) is 31.7 Å². The first kappa shape index (κ1) is 23.8. The number of benzene rings is 1. The molecule has 0 aromatic heterocycles. The van der Waals surface area contributed by atoms with Crippen LogP contribution in [-0.2, 0) is 14.3 Å². The molecule has 2 amide bonds. The van der Waals surface area contributed by atoms with Crippen LogP contribution >= 0.6 is 0 Å². The summed E-state index contributed by atoms with van der Waals surface area (Å²) >= 11 is 0. The van der Waals surface area contributed by atoms with Crippen molar-refractivity contribution in [1.82, 2.24) is 10.2 Å². The summed E-state index contributed by atoms with van der Waals surface area (Å²) in [7, 11) is 6.30. The Balaban J connectivity index is 2.35. The highest BCUT2D eigenvalue weighted by molar-refractivity contribution is 5.84. The van der Waals surface area contributed by atoms with Gasteiger partial charge in [-0.05, 0) is 24.1 Å². The molecule has 0 spiro atoms. The van der Waals surface area contributed by atoms with Gasteiger partial charge in [-0.2, -0.15) is 0 Å². The van der Waals surface area contributed by atoms with Gasteiger partial charge in [-0.15, -0.1) is 0 Å². The summed E-state index contributed by atoms with van der Waals surface area (Å²) in [5.74, 6) is 0.860. The normalized spacial score (nSPS) is 18.4. The third-order valence-electron chi connectivity index (χ3n) is 5.40. The van der Waals surface area contributed by atoms with E-state index in [1.807, 2.05) is 26.0 Å². The third-order valence-corrected chi connectivity index (χ3v) is 5.40. The monoisotopic (exact) mass is 422 g/mol. The summed E-state index contributed by atoms with van der Waals surface area (Å²) in [4.78, 5) is 27.4. The first-order chi connectivity index (χ1) is 14.4. The van der Waals surface area contributed by atoms with Crippen LogP contribution in [0.5, 0.6) is 17.2 Å². The second-order valence-electron chi connectivity index (χ2n) is 7.71. The van der Waals surface area contributed by atoms with Gasteiger partial charge in [0, 0.05) is 45.2 Å². The Kier molecular flexibility index (Phi) is 8.77. The zero-order chi connectivity index (χ0) is 22.3. The lowest BCUT2D eigenvalue weighted by Crippen LogP contribution is -2.37. The number of methoxy groups -OCH3 is 4. The summed E-state index contributed by atoms with van der Waals surface area (Å²) in [6.45, 7) is 5.70. The third kappa shape index (κ3) is 5.36. The number of nitrogens with one attached hydrogen (secondary N) is 1. The van der Waals surface area contributed by atoms with Gasteiger partial charge in [-0.25, -0.2) is 0 Å². The fourth-order valence-corrected chi connectivity index (χ4v) is 3.83. The number of nitrogens with zero attached hydrogens (tertiary/aromatic N) is 1. The maximum Gasteiger partial charge on any atom is 0.225 e. The van der Waals surface area contributed by atoms with Crippen molar-refractivity contribution in [2.45, 2.75) is 26.2 Å². The van der Waals surface area contributed by atoms with Crippen molar-refractivity contribution in [2.24, 2.45) is 11.8 Å². The molecule has 0 aliphatic carbocycles. The molecule has 0 saturated carbocycles. The maximum atomic E-state index is 13.0. The quantitative estimate of drug-likeness (QED) is 0.581. The summed E-state index contributed by atoms with van der Waals surface area (Å²) in [5.41, 5.74) is 0.876. The summed E-state index contributed by atoms with van der Waals surface area (Å²) in [6.07, 6.45) is 0.735. The Bertz CT molecular complexity index is 711. The number of hydrogen-bond acceptors (Lipinski definition) is 6. The molecule has 0 bridgehead atoms. The summed E-state index contributed by atoms with van der Waals surface area (Å²) in [5, 5.41) is 2.98. The van der Waals surface area contributed by atoms with Crippen LogP contribution in [0.3, 0.4) is 0 Å². The van der Waals surface area contributed by atoms with E-state index in [1.165, 1.54) is 0 Å². The molecule has 8 nitrogen and oxygen atoms in total. The zero-order valence-corrected chi connectivity index (χ0v) is 18.8. The SMILES string of the molecule is COCCCNC(=O)C1CN(C(=O)C(C)C)CC1c1cc(OC)c(OC)c(OC)c1. The van der Waals surface area contributed by atoms with Gasteiger partial charge in [0.05, 0.1) is 27.2 Å². The lowest BCUT2D eigenvalue weighted by molar-refractivity contribution is -0.133. The highest BCUT2D eigenvalue weighted by Gasteiger charge is 2.41. The Morgan fingerprint density at radius 2 is 1.70 bits per heavy atom. The minimum absolute atomic E-state index is 0.0436. The van der Waals surface area contributed by atoms with E-state index in [2.05, 4.69) is 5.32 Å². The second-order valence-corrected chi connectivity index (χ2v) is 7.71. The van der Waals surface area contributed by atoms with Gasteiger partial charge < -0.3 is 29.2 Å². The summed E-state index contributed by atoms with van der Waals surface area (Å²) < 4.78 is 21.4. The van der Waals surface area contributed by atoms with Gasteiger partial charge >= 0.3 is 0 Å². The van der Waals surface area contributed by atoms with Gasteiger partial charge in [-0.1, -0.05) is 13.8 Å². The number of carbonyl (C=O) groups is 2. The highest BCUT2D eigenvalue weighted by Crippen LogP contribution is 2.43. The molecule has 1 aromatic rings. The van der Waals surface area contributed by atoms with E-state index in [0.717, 1.165) is 12.0 Å². The number of likely N-dealkylation sites (tertiary alicyclic amines) is 1. The average Bonchev–Trinajstić information content (AvgIpc) is 3.20. The van der Waals surface area contributed by atoms with Crippen LogP contribution in [0.15, 0.2) is 12.1 Å². The fraction of sp³-hybridized carbons (Fsp3) is 0.636. The Labute approximate surface area is 178 Å². The molecule has 1 fully saturated rings. The topological polar surface area (TPSA) is 86.3 Å². The number of amides is 2.